The predicted octanol–water partition coefficient (Wildman–Crippen LogP) is 3.62. The van der Waals surface area contributed by atoms with Gasteiger partial charge in [0.05, 0.1) is 7.11 Å². The van der Waals surface area contributed by atoms with Crippen molar-refractivity contribution in [1.29, 1.82) is 0 Å². The minimum Gasteiger partial charge on any atom is -0.497 e. The standard InChI is InChI=1S/C19H28N2O2.ClH/c1-3-21(16-8-5-9-17(12-16)23-2)19(22)15-10-13-6-4-7-14(11-15)18(13)20;/h5,8-9,12-15,18H,3-4,6-7,10-11,20H2,1-2H3;1H. The van der Waals surface area contributed by atoms with Crippen molar-refractivity contribution in [2.24, 2.45) is 23.5 Å². The first-order valence-electron chi connectivity index (χ1n) is 8.85. The minimum absolute atomic E-state index is 0. The highest BCUT2D eigenvalue weighted by molar-refractivity contribution is 5.95. The van der Waals surface area contributed by atoms with E-state index >= 15 is 0 Å². The first-order chi connectivity index (χ1) is 11.1. The molecule has 3 rings (SSSR count). The highest BCUT2D eigenvalue weighted by Gasteiger charge is 2.41. The number of benzene rings is 1. The molecule has 5 heteroatoms. The number of nitrogens with zero attached hydrogens (tertiary/aromatic N) is 1. The Morgan fingerprint density at radius 1 is 1.29 bits per heavy atom. The van der Waals surface area contributed by atoms with Crippen LogP contribution in [0.4, 0.5) is 5.69 Å². The number of halogens is 1. The average Bonchev–Trinajstić information content (AvgIpc) is 2.55. The average molecular weight is 353 g/mol. The fourth-order valence-corrected chi connectivity index (χ4v) is 4.46. The summed E-state index contributed by atoms with van der Waals surface area (Å²) in [4.78, 5) is 15.0. The van der Waals surface area contributed by atoms with Gasteiger partial charge in [-0.3, -0.25) is 4.79 Å². The first kappa shape index (κ1) is 19.1. The molecule has 2 unspecified atom stereocenters. The number of anilines is 1. The SMILES string of the molecule is CCN(C(=O)C1CC2CCCC(C1)C2N)c1cccc(OC)c1.Cl. The summed E-state index contributed by atoms with van der Waals surface area (Å²) >= 11 is 0. The van der Waals surface area contributed by atoms with E-state index in [9.17, 15) is 4.79 Å². The topological polar surface area (TPSA) is 55.6 Å². The number of amides is 1. The maximum atomic E-state index is 13.1. The lowest BCUT2D eigenvalue weighted by Gasteiger charge is -2.44. The summed E-state index contributed by atoms with van der Waals surface area (Å²) in [6.45, 7) is 2.72. The third-order valence-corrected chi connectivity index (χ3v) is 5.71. The predicted molar refractivity (Wildman–Crippen MR) is 99.8 cm³/mol. The third-order valence-electron chi connectivity index (χ3n) is 5.71. The number of fused-ring (bicyclic) bond motifs is 2. The van der Waals surface area contributed by atoms with E-state index in [2.05, 4.69) is 0 Å². The Hall–Kier alpha value is -1.26. The zero-order valence-electron chi connectivity index (χ0n) is 14.6. The van der Waals surface area contributed by atoms with Crippen LogP contribution in [0.1, 0.15) is 39.0 Å². The Labute approximate surface area is 151 Å². The highest BCUT2D eigenvalue weighted by Crippen LogP contribution is 2.42. The number of methoxy groups -OCH3 is 1. The van der Waals surface area contributed by atoms with Crippen LogP contribution in [0.2, 0.25) is 0 Å². The third kappa shape index (κ3) is 3.70. The van der Waals surface area contributed by atoms with E-state index in [0.29, 0.717) is 24.4 Å². The molecule has 2 saturated carbocycles. The summed E-state index contributed by atoms with van der Waals surface area (Å²) in [5, 5.41) is 0. The molecular formula is C19H29ClN2O2. The smallest absolute Gasteiger partial charge is 0.230 e. The maximum absolute atomic E-state index is 13.1. The molecule has 0 radical (unpaired) electrons. The van der Waals surface area contributed by atoms with E-state index in [-0.39, 0.29) is 24.2 Å². The Morgan fingerprint density at radius 2 is 1.96 bits per heavy atom. The number of ether oxygens (including phenoxy) is 1. The molecule has 1 amide bonds. The molecule has 2 bridgehead atoms. The summed E-state index contributed by atoms with van der Waals surface area (Å²) in [5.74, 6) is 2.22. The quantitative estimate of drug-likeness (QED) is 0.900. The van der Waals surface area contributed by atoms with E-state index in [1.54, 1.807) is 7.11 Å². The molecule has 24 heavy (non-hydrogen) atoms. The summed E-state index contributed by atoms with van der Waals surface area (Å²) in [7, 11) is 1.65. The van der Waals surface area contributed by atoms with Gasteiger partial charge in [-0.25, -0.2) is 0 Å². The van der Waals surface area contributed by atoms with Crippen LogP contribution >= 0.6 is 12.4 Å². The van der Waals surface area contributed by atoms with Crippen LogP contribution in [-0.4, -0.2) is 25.6 Å². The van der Waals surface area contributed by atoms with Gasteiger partial charge in [0.25, 0.3) is 0 Å². The lowest BCUT2D eigenvalue weighted by molar-refractivity contribution is -0.125. The second-order valence-corrected chi connectivity index (χ2v) is 6.98. The summed E-state index contributed by atoms with van der Waals surface area (Å²) < 4.78 is 5.29. The Kier molecular flexibility index (Phi) is 6.53. The zero-order valence-corrected chi connectivity index (χ0v) is 15.4. The lowest BCUT2D eigenvalue weighted by Crippen LogP contribution is -2.49. The van der Waals surface area contributed by atoms with Crippen LogP contribution in [0.25, 0.3) is 0 Å². The minimum atomic E-state index is 0. The molecule has 0 spiro atoms. The number of hydrogen-bond acceptors (Lipinski definition) is 3. The van der Waals surface area contributed by atoms with Gasteiger partial charge in [-0.2, -0.15) is 0 Å². The summed E-state index contributed by atoms with van der Waals surface area (Å²) in [6, 6.07) is 8.08. The molecule has 2 aliphatic carbocycles. The van der Waals surface area contributed by atoms with E-state index in [1.807, 2.05) is 36.1 Å². The molecule has 0 aliphatic heterocycles. The number of carbonyl (C=O) groups is 1. The van der Waals surface area contributed by atoms with Crippen molar-refractivity contribution in [1.82, 2.24) is 0 Å². The van der Waals surface area contributed by atoms with Gasteiger partial charge in [-0.1, -0.05) is 12.5 Å². The van der Waals surface area contributed by atoms with Gasteiger partial charge in [-0.05, 0) is 56.6 Å². The van der Waals surface area contributed by atoms with Crippen LogP contribution in [0, 0.1) is 17.8 Å². The molecule has 4 nitrogen and oxygen atoms in total. The fraction of sp³-hybridized carbons (Fsp3) is 0.632. The molecule has 2 fully saturated rings. The van der Waals surface area contributed by atoms with Gasteiger partial charge in [0, 0.05) is 30.3 Å². The van der Waals surface area contributed by atoms with Crippen LogP contribution in [-0.2, 0) is 4.79 Å². The van der Waals surface area contributed by atoms with Crippen molar-refractivity contribution in [3.8, 4) is 5.75 Å². The van der Waals surface area contributed by atoms with Gasteiger partial charge in [0.1, 0.15) is 5.75 Å². The lowest BCUT2D eigenvalue weighted by atomic mass is 9.65. The van der Waals surface area contributed by atoms with Gasteiger partial charge in [0.15, 0.2) is 0 Å². The van der Waals surface area contributed by atoms with Gasteiger partial charge >= 0.3 is 0 Å². The molecule has 134 valence electrons. The number of rotatable bonds is 4. The van der Waals surface area contributed by atoms with E-state index in [0.717, 1.165) is 24.3 Å². The summed E-state index contributed by atoms with van der Waals surface area (Å²) in [5.41, 5.74) is 7.29. The molecule has 0 heterocycles. The van der Waals surface area contributed by atoms with Crippen molar-refractivity contribution in [3.05, 3.63) is 24.3 Å². The van der Waals surface area contributed by atoms with E-state index in [1.165, 1.54) is 19.3 Å². The monoisotopic (exact) mass is 352 g/mol. The number of nitrogens with two attached hydrogens (primary N) is 1. The van der Waals surface area contributed by atoms with Crippen LogP contribution in [0.15, 0.2) is 24.3 Å². The molecule has 1 aromatic rings. The fourth-order valence-electron chi connectivity index (χ4n) is 4.46. The largest absolute Gasteiger partial charge is 0.497 e. The van der Waals surface area contributed by atoms with Crippen molar-refractivity contribution >= 4 is 24.0 Å². The molecule has 0 saturated heterocycles. The van der Waals surface area contributed by atoms with Gasteiger partial charge in [0.2, 0.25) is 5.91 Å². The zero-order chi connectivity index (χ0) is 16.4. The van der Waals surface area contributed by atoms with Gasteiger partial charge in [-0.15, -0.1) is 12.4 Å². The van der Waals surface area contributed by atoms with Crippen molar-refractivity contribution in [2.75, 3.05) is 18.6 Å². The second-order valence-electron chi connectivity index (χ2n) is 6.98. The maximum Gasteiger partial charge on any atom is 0.230 e. The Morgan fingerprint density at radius 3 is 2.54 bits per heavy atom. The van der Waals surface area contributed by atoms with Crippen molar-refractivity contribution in [3.63, 3.8) is 0 Å². The molecule has 0 aromatic heterocycles. The molecule has 2 aliphatic rings. The van der Waals surface area contributed by atoms with Crippen LogP contribution in [0.3, 0.4) is 0 Å². The highest BCUT2D eigenvalue weighted by atomic mass is 35.5. The van der Waals surface area contributed by atoms with Crippen molar-refractivity contribution < 1.29 is 9.53 Å². The normalized spacial score (nSPS) is 28.6. The second kappa shape index (κ2) is 8.21. The number of hydrogen-bond donors (Lipinski definition) is 1. The van der Waals surface area contributed by atoms with E-state index in [4.69, 9.17) is 10.5 Å². The number of carbonyl (C=O) groups excluding carboxylic acids is 1. The van der Waals surface area contributed by atoms with Crippen molar-refractivity contribution in [2.45, 2.75) is 45.1 Å². The molecule has 2 N–H and O–H groups in total. The van der Waals surface area contributed by atoms with E-state index < -0.39 is 0 Å². The molecular weight excluding hydrogens is 324 g/mol. The summed E-state index contributed by atoms with van der Waals surface area (Å²) in [6.07, 6.45) is 5.56. The molecule has 1 aromatic carbocycles. The van der Waals surface area contributed by atoms with Crippen LogP contribution < -0.4 is 15.4 Å². The van der Waals surface area contributed by atoms with Gasteiger partial charge < -0.3 is 15.4 Å². The first-order valence-corrected chi connectivity index (χ1v) is 8.85. The van der Waals surface area contributed by atoms with Crippen LogP contribution in [0.5, 0.6) is 5.75 Å². The Balaban J connectivity index is 0.00000208. The Bertz CT molecular complexity index is 552. The molecule has 2 atom stereocenters.